The number of hydrogen-bond donors (Lipinski definition) is 0. The van der Waals surface area contributed by atoms with Crippen molar-refractivity contribution in [2.24, 2.45) is 4.99 Å². The van der Waals surface area contributed by atoms with Gasteiger partial charge in [0.2, 0.25) is 0 Å². The summed E-state index contributed by atoms with van der Waals surface area (Å²) in [5.41, 5.74) is 1.87. The fourth-order valence-electron chi connectivity index (χ4n) is 1.61. The van der Waals surface area contributed by atoms with E-state index in [4.69, 9.17) is 9.15 Å². The topological polar surface area (TPSA) is 34.7 Å². The molecule has 1 aromatic heterocycles. The van der Waals surface area contributed by atoms with Crippen molar-refractivity contribution >= 4 is 11.9 Å². The van der Waals surface area contributed by atoms with Gasteiger partial charge in [0, 0.05) is 17.8 Å². The van der Waals surface area contributed by atoms with Gasteiger partial charge in [-0.15, -0.1) is 0 Å². The van der Waals surface area contributed by atoms with Gasteiger partial charge in [-0.05, 0) is 32.0 Å². The maximum atomic E-state index is 5.43. The Morgan fingerprint density at radius 2 is 2.06 bits per heavy atom. The molecule has 2 aromatic rings. The lowest BCUT2D eigenvalue weighted by molar-refractivity contribution is 0.415. The van der Waals surface area contributed by atoms with Gasteiger partial charge >= 0.3 is 0 Å². The highest BCUT2D eigenvalue weighted by atomic mass is 16.5. The van der Waals surface area contributed by atoms with Crippen molar-refractivity contribution in [2.75, 3.05) is 7.11 Å². The van der Waals surface area contributed by atoms with Crippen molar-refractivity contribution in [3.63, 3.8) is 0 Å². The van der Waals surface area contributed by atoms with Gasteiger partial charge in [-0.25, -0.2) is 0 Å². The lowest BCUT2D eigenvalue weighted by atomic mass is 10.2. The highest BCUT2D eigenvalue weighted by Crippen LogP contribution is 2.20. The first-order valence-corrected chi connectivity index (χ1v) is 5.44. The average molecular weight is 229 g/mol. The second-order valence-corrected chi connectivity index (χ2v) is 3.83. The van der Waals surface area contributed by atoms with Crippen LogP contribution >= 0.6 is 0 Å². The fourth-order valence-corrected chi connectivity index (χ4v) is 1.61. The predicted molar refractivity (Wildman–Crippen MR) is 68.4 cm³/mol. The third-order valence-electron chi connectivity index (χ3n) is 2.49. The number of rotatable bonds is 3. The highest BCUT2D eigenvalue weighted by Gasteiger charge is 2.01. The highest BCUT2D eigenvalue weighted by molar-refractivity contribution is 5.83. The summed E-state index contributed by atoms with van der Waals surface area (Å²) in [4.78, 5) is 4.39. The van der Waals surface area contributed by atoms with Crippen molar-refractivity contribution < 1.29 is 9.15 Å². The van der Waals surface area contributed by atoms with E-state index < -0.39 is 0 Å². The van der Waals surface area contributed by atoms with Gasteiger partial charge in [0.25, 0.3) is 0 Å². The molecular weight excluding hydrogens is 214 g/mol. The van der Waals surface area contributed by atoms with Crippen LogP contribution in [0.15, 0.2) is 39.7 Å². The molecule has 0 atom stereocenters. The van der Waals surface area contributed by atoms with Crippen LogP contribution in [0.5, 0.6) is 5.75 Å². The SMILES string of the molecule is COc1cccc(N=Cc2cc(C)oc2C)c1. The second-order valence-electron chi connectivity index (χ2n) is 3.83. The maximum absolute atomic E-state index is 5.43. The molecule has 2 rings (SSSR count). The Morgan fingerprint density at radius 3 is 2.71 bits per heavy atom. The second kappa shape index (κ2) is 4.87. The van der Waals surface area contributed by atoms with Crippen LogP contribution in [0.4, 0.5) is 5.69 Å². The molecule has 3 nitrogen and oxygen atoms in total. The standard InChI is InChI=1S/C14H15NO2/c1-10-7-12(11(2)17-10)9-15-13-5-4-6-14(8-13)16-3/h4-9H,1-3H3. The average Bonchev–Trinajstić information content (AvgIpc) is 2.65. The maximum Gasteiger partial charge on any atom is 0.121 e. The summed E-state index contributed by atoms with van der Waals surface area (Å²) in [6.45, 7) is 3.86. The molecule has 1 aromatic carbocycles. The van der Waals surface area contributed by atoms with Gasteiger partial charge in [-0.2, -0.15) is 0 Å². The normalized spacial score (nSPS) is 11.0. The molecule has 0 bridgehead atoms. The van der Waals surface area contributed by atoms with Crippen molar-refractivity contribution in [1.82, 2.24) is 0 Å². The van der Waals surface area contributed by atoms with Crippen LogP contribution in [-0.4, -0.2) is 13.3 Å². The number of ether oxygens (including phenoxy) is 1. The number of aliphatic imine (C=N–C) groups is 1. The van der Waals surface area contributed by atoms with Gasteiger partial charge in [0.15, 0.2) is 0 Å². The summed E-state index contributed by atoms with van der Waals surface area (Å²) in [5.74, 6) is 2.59. The summed E-state index contributed by atoms with van der Waals surface area (Å²) < 4.78 is 10.6. The Morgan fingerprint density at radius 1 is 1.24 bits per heavy atom. The minimum absolute atomic E-state index is 0.805. The number of furan rings is 1. The van der Waals surface area contributed by atoms with E-state index in [-0.39, 0.29) is 0 Å². The first-order chi connectivity index (χ1) is 8.19. The summed E-state index contributed by atoms with van der Waals surface area (Å²) in [7, 11) is 1.65. The van der Waals surface area contributed by atoms with Crippen LogP contribution in [-0.2, 0) is 0 Å². The fraction of sp³-hybridized carbons (Fsp3) is 0.214. The minimum Gasteiger partial charge on any atom is -0.497 e. The first-order valence-electron chi connectivity index (χ1n) is 5.44. The molecule has 0 saturated carbocycles. The Hall–Kier alpha value is -2.03. The van der Waals surface area contributed by atoms with E-state index in [9.17, 15) is 0 Å². The van der Waals surface area contributed by atoms with Gasteiger partial charge in [-0.3, -0.25) is 4.99 Å². The molecule has 17 heavy (non-hydrogen) atoms. The van der Waals surface area contributed by atoms with E-state index in [1.54, 1.807) is 13.3 Å². The molecule has 3 heteroatoms. The van der Waals surface area contributed by atoms with E-state index in [0.29, 0.717) is 0 Å². The van der Waals surface area contributed by atoms with Crippen LogP contribution in [0.2, 0.25) is 0 Å². The Balaban J connectivity index is 2.22. The van der Waals surface area contributed by atoms with Crippen molar-refractivity contribution in [2.45, 2.75) is 13.8 Å². The molecule has 0 fully saturated rings. The van der Waals surface area contributed by atoms with Gasteiger partial charge < -0.3 is 9.15 Å². The summed E-state index contributed by atoms with van der Waals surface area (Å²) in [5, 5.41) is 0. The molecule has 1 heterocycles. The molecule has 0 aliphatic carbocycles. The molecule has 0 saturated heterocycles. The largest absolute Gasteiger partial charge is 0.497 e. The van der Waals surface area contributed by atoms with Gasteiger partial charge in [-0.1, -0.05) is 6.07 Å². The third kappa shape index (κ3) is 2.75. The monoisotopic (exact) mass is 229 g/mol. The van der Waals surface area contributed by atoms with Crippen molar-refractivity contribution in [3.05, 3.63) is 47.4 Å². The van der Waals surface area contributed by atoms with Crippen LogP contribution < -0.4 is 4.74 Å². The number of benzene rings is 1. The van der Waals surface area contributed by atoms with Gasteiger partial charge in [0.05, 0.1) is 12.8 Å². The Bertz CT molecular complexity index is 541. The smallest absolute Gasteiger partial charge is 0.121 e. The van der Waals surface area contributed by atoms with Crippen molar-refractivity contribution in [1.29, 1.82) is 0 Å². The third-order valence-corrected chi connectivity index (χ3v) is 2.49. The molecule has 0 amide bonds. The predicted octanol–water partition coefficient (Wildman–Crippen LogP) is 3.66. The molecule has 0 aliphatic heterocycles. The zero-order chi connectivity index (χ0) is 12.3. The van der Waals surface area contributed by atoms with Crippen LogP contribution in [0, 0.1) is 13.8 Å². The van der Waals surface area contributed by atoms with E-state index in [0.717, 1.165) is 28.5 Å². The minimum atomic E-state index is 0.805. The molecule has 0 radical (unpaired) electrons. The molecule has 0 spiro atoms. The number of aryl methyl sites for hydroxylation is 2. The molecule has 0 N–H and O–H groups in total. The lowest BCUT2D eigenvalue weighted by Gasteiger charge is -1.99. The van der Waals surface area contributed by atoms with Gasteiger partial charge in [0.1, 0.15) is 17.3 Å². The van der Waals surface area contributed by atoms with E-state index >= 15 is 0 Å². The number of methoxy groups -OCH3 is 1. The van der Waals surface area contributed by atoms with E-state index in [2.05, 4.69) is 4.99 Å². The number of hydrogen-bond acceptors (Lipinski definition) is 3. The van der Waals surface area contributed by atoms with Crippen molar-refractivity contribution in [3.8, 4) is 5.75 Å². The quantitative estimate of drug-likeness (QED) is 0.753. The zero-order valence-corrected chi connectivity index (χ0v) is 10.2. The first kappa shape index (κ1) is 11.5. The summed E-state index contributed by atoms with van der Waals surface area (Å²) in [6, 6.07) is 9.60. The van der Waals surface area contributed by atoms with Crippen LogP contribution in [0.3, 0.4) is 0 Å². The zero-order valence-electron chi connectivity index (χ0n) is 10.2. The molecular formula is C14H15NO2. The Labute approximate surface area is 101 Å². The molecule has 0 aliphatic rings. The summed E-state index contributed by atoms with van der Waals surface area (Å²) in [6.07, 6.45) is 1.81. The Kier molecular flexibility index (Phi) is 3.28. The molecule has 88 valence electrons. The summed E-state index contributed by atoms with van der Waals surface area (Å²) >= 11 is 0. The van der Waals surface area contributed by atoms with Crippen LogP contribution in [0.25, 0.3) is 0 Å². The van der Waals surface area contributed by atoms with Crippen LogP contribution in [0.1, 0.15) is 17.1 Å². The lowest BCUT2D eigenvalue weighted by Crippen LogP contribution is -1.82. The number of nitrogens with zero attached hydrogens (tertiary/aromatic N) is 1. The molecule has 0 unspecified atom stereocenters. The van der Waals surface area contributed by atoms with E-state index in [1.165, 1.54) is 0 Å². The van der Waals surface area contributed by atoms with E-state index in [1.807, 2.05) is 44.2 Å².